The summed E-state index contributed by atoms with van der Waals surface area (Å²) < 4.78 is 32.0. The Hall–Kier alpha value is -2.46. The summed E-state index contributed by atoms with van der Waals surface area (Å²) in [5.41, 5.74) is 1.34. The lowest BCUT2D eigenvalue weighted by Gasteiger charge is -2.30. The second kappa shape index (κ2) is 11.6. The van der Waals surface area contributed by atoms with Crippen LogP contribution in [0.15, 0.2) is 48.5 Å². The third kappa shape index (κ3) is 6.77. The Balaban J connectivity index is 1.58. The lowest BCUT2D eigenvalue weighted by molar-refractivity contribution is -0.120. The maximum absolute atomic E-state index is 12.8. The zero-order valence-corrected chi connectivity index (χ0v) is 20.0. The van der Waals surface area contributed by atoms with Gasteiger partial charge in [0.25, 0.3) is 5.91 Å². The number of nitrogens with zero attached hydrogens (tertiary/aromatic N) is 1. The Morgan fingerprint density at radius 2 is 1.76 bits per heavy atom. The predicted octanol–water partition coefficient (Wildman–Crippen LogP) is 2.90. The summed E-state index contributed by atoms with van der Waals surface area (Å²) in [5, 5.41) is 5.99. The second-order valence-electron chi connectivity index (χ2n) is 7.80. The molecule has 0 bridgehead atoms. The van der Waals surface area contributed by atoms with E-state index in [0.29, 0.717) is 47.8 Å². The van der Waals surface area contributed by atoms with Gasteiger partial charge in [0.05, 0.1) is 23.6 Å². The molecule has 1 heterocycles. The molecule has 1 saturated heterocycles. The summed E-state index contributed by atoms with van der Waals surface area (Å²) in [7, 11) is -1.99. The van der Waals surface area contributed by atoms with Gasteiger partial charge in [-0.3, -0.25) is 9.59 Å². The summed E-state index contributed by atoms with van der Waals surface area (Å²) in [6.07, 6.45) is 0.797. The lowest BCUT2D eigenvalue weighted by atomic mass is 9.97. The first kappa shape index (κ1) is 25.2. The quantitative estimate of drug-likeness (QED) is 0.522. The van der Waals surface area contributed by atoms with Crippen LogP contribution in [0.25, 0.3) is 0 Å². The minimum atomic E-state index is -3.54. The fraction of sp³-hybridized carbons (Fsp3) is 0.391. The van der Waals surface area contributed by atoms with Crippen LogP contribution in [-0.4, -0.2) is 57.9 Å². The average Bonchev–Trinajstić information content (AvgIpc) is 2.81. The standard InChI is InChI=1S/C23H28ClN3O5S/c1-32-15-12-25-23(29)19-7-3-5-9-21(19)26-22(28)17-10-13-27(14-11-17)33(30,31)16-18-6-2-4-8-20(18)24/h2-9,17H,10-16H2,1H3,(H,25,29)(H,26,28). The van der Waals surface area contributed by atoms with Gasteiger partial charge < -0.3 is 15.4 Å². The zero-order chi connectivity index (χ0) is 23.8. The van der Waals surface area contributed by atoms with Crippen LogP contribution in [0.1, 0.15) is 28.8 Å². The highest BCUT2D eigenvalue weighted by Gasteiger charge is 2.32. The molecule has 0 unspecified atom stereocenters. The van der Waals surface area contributed by atoms with Crippen LogP contribution in [0.4, 0.5) is 5.69 Å². The molecule has 0 aromatic heterocycles. The number of ether oxygens (including phenoxy) is 1. The largest absolute Gasteiger partial charge is 0.383 e. The molecule has 1 aliphatic rings. The van der Waals surface area contributed by atoms with Crippen molar-refractivity contribution in [3.63, 3.8) is 0 Å². The molecule has 2 N–H and O–H groups in total. The number of hydrogen-bond donors (Lipinski definition) is 2. The monoisotopic (exact) mass is 493 g/mol. The van der Waals surface area contributed by atoms with E-state index in [1.54, 1.807) is 55.6 Å². The first-order chi connectivity index (χ1) is 15.8. The number of para-hydroxylation sites is 1. The number of anilines is 1. The number of benzene rings is 2. The van der Waals surface area contributed by atoms with Gasteiger partial charge in [0.15, 0.2) is 0 Å². The van der Waals surface area contributed by atoms with E-state index in [4.69, 9.17) is 16.3 Å². The van der Waals surface area contributed by atoms with Crippen LogP contribution in [0.3, 0.4) is 0 Å². The molecule has 0 spiro atoms. The number of amides is 2. The average molecular weight is 494 g/mol. The molecular formula is C23H28ClN3O5S. The summed E-state index contributed by atoms with van der Waals surface area (Å²) in [4.78, 5) is 25.3. The molecule has 10 heteroatoms. The van der Waals surface area contributed by atoms with Crippen LogP contribution in [-0.2, 0) is 25.3 Å². The van der Waals surface area contributed by atoms with E-state index in [1.165, 1.54) is 4.31 Å². The molecule has 178 valence electrons. The number of methoxy groups -OCH3 is 1. The van der Waals surface area contributed by atoms with E-state index in [1.807, 2.05) is 0 Å². The number of rotatable bonds is 9. The molecule has 8 nitrogen and oxygen atoms in total. The van der Waals surface area contributed by atoms with E-state index < -0.39 is 10.0 Å². The highest BCUT2D eigenvalue weighted by Crippen LogP contribution is 2.25. The van der Waals surface area contributed by atoms with Gasteiger partial charge in [0.2, 0.25) is 15.9 Å². The number of sulfonamides is 1. The fourth-order valence-electron chi connectivity index (χ4n) is 3.69. The molecule has 33 heavy (non-hydrogen) atoms. The molecule has 1 fully saturated rings. The number of carbonyl (C=O) groups is 2. The summed E-state index contributed by atoms with van der Waals surface area (Å²) in [6.45, 7) is 1.25. The molecule has 1 aliphatic heterocycles. The van der Waals surface area contributed by atoms with E-state index in [9.17, 15) is 18.0 Å². The van der Waals surface area contributed by atoms with Crippen molar-refractivity contribution in [2.75, 3.05) is 38.7 Å². The van der Waals surface area contributed by atoms with Crippen molar-refractivity contribution in [1.82, 2.24) is 9.62 Å². The van der Waals surface area contributed by atoms with E-state index in [-0.39, 0.29) is 36.6 Å². The Morgan fingerprint density at radius 3 is 2.45 bits per heavy atom. The third-order valence-corrected chi connectivity index (χ3v) is 7.73. The van der Waals surface area contributed by atoms with Crippen LogP contribution in [0.2, 0.25) is 5.02 Å². The number of halogens is 1. The zero-order valence-electron chi connectivity index (χ0n) is 18.4. The number of nitrogens with one attached hydrogen (secondary N) is 2. The molecule has 0 saturated carbocycles. The highest BCUT2D eigenvalue weighted by molar-refractivity contribution is 7.88. The second-order valence-corrected chi connectivity index (χ2v) is 10.2. The van der Waals surface area contributed by atoms with E-state index in [2.05, 4.69) is 10.6 Å². The van der Waals surface area contributed by atoms with Gasteiger partial charge in [0.1, 0.15) is 0 Å². The molecule has 0 aliphatic carbocycles. The van der Waals surface area contributed by atoms with Crippen molar-refractivity contribution in [2.45, 2.75) is 18.6 Å². The van der Waals surface area contributed by atoms with Gasteiger partial charge >= 0.3 is 0 Å². The smallest absolute Gasteiger partial charge is 0.253 e. The van der Waals surface area contributed by atoms with Crippen molar-refractivity contribution in [3.8, 4) is 0 Å². The van der Waals surface area contributed by atoms with Gasteiger partial charge in [-0.1, -0.05) is 41.9 Å². The van der Waals surface area contributed by atoms with Gasteiger partial charge in [-0.05, 0) is 36.6 Å². The van der Waals surface area contributed by atoms with Crippen LogP contribution >= 0.6 is 11.6 Å². The minimum Gasteiger partial charge on any atom is -0.383 e. The molecular weight excluding hydrogens is 466 g/mol. The summed E-state index contributed by atoms with van der Waals surface area (Å²) in [5.74, 6) is -1.05. The van der Waals surface area contributed by atoms with E-state index in [0.717, 1.165) is 0 Å². The van der Waals surface area contributed by atoms with Gasteiger partial charge in [-0.25, -0.2) is 12.7 Å². The van der Waals surface area contributed by atoms with Crippen molar-refractivity contribution in [2.24, 2.45) is 5.92 Å². The Bertz CT molecular complexity index is 1090. The number of hydrogen-bond acceptors (Lipinski definition) is 5. The molecule has 3 rings (SSSR count). The molecule has 2 amide bonds. The fourth-order valence-corrected chi connectivity index (χ4v) is 5.56. The Labute approximate surface area is 199 Å². The topological polar surface area (TPSA) is 105 Å². The van der Waals surface area contributed by atoms with Crippen LogP contribution in [0.5, 0.6) is 0 Å². The Morgan fingerprint density at radius 1 is 1.09 bits per heavy atom. The van der Waals surface area contributed by atoms with Crippen LogP contribution in [0, 0.1) is 5.92 Å². The first-order valence-corrected chi connectivity index (χ1v) is 12.7. The van der Waals surface area contributed by atoms with Crippen molar-refractivity contribution >= 4 is 39.1 Å². The molecule has 0 atom stereocenters. The molecule has 0 radical (unpaired) electrons. The van der Waals surface area contributed by atoms with Gasteiger partial charge in [-0.2, -0.15) is 0 Å². The van der Waals surface area contributed by atoms with Gasteiger partial charge in [-0.15, -0.1) is 0 Å². The summed E-state index contributed by atoms with van der Waals surface area (Å²) in [6, 6.07) is 13.7. The van der Waals surface area contributed by atoms with E-state index >= 15 is 0 Å². The SMILES string of the molecule is COCCNC(=O)c1ccccc1NC(=O)C1CCN(S(=O)(=O)Cc2ccccc2Cl)CC1. The molecule has 2 aromatic rings. The summed E-state index contributed by atoms with van der Waals surface area (Å²) >= 11 is 6.11. The third-order valence-electron chi connectivity index (χ3n) is 5.54. The first-order valence-electron chi connectivity index (χ1n) is 10.7. The normalized spacial score (nSPS) is 15.2. The Kier molecular flexibility index (Phi) is 8.85. The highest BCUT2D eigenvalue weighted by atomic mass is 35.5. The number of piperidine rings is 1. The maximum atomic E-state index is 12.8. The van der Waals surface area contributed by atoms with Gasteiger partial charge in [0, 0.05) is 37.7 Å². The predicted molar refractivity (Wildman–Crippen MR) is 128 cm³/mol. The van der Waals surface area contributed by atoms with Crippen molar-refractivity contribution < 1.29 is 22.7 Å². The number of carbonyl (C=O) groups excluding carboxylic acids is 2. The molecule has 2 aromatic carbocycles. The van der Waals surface area contributed by atoms with Crippen molar-refractivity contribution in [1.29, 1.82) is 0 Å². The van der Waals surface area contributed by atoms with Crippen molar-refractivity contribution in [3.05, 3.63) is 64.7 Å². The minimum absolute atomic E-state index is 0.172. The lowest BCUT2D eigenvalue weighted by Crippen LogP contribution is -2.42. The maximum Gasteiger partial charge on any atom is 0.253 e. The van der Waals surface area contributed by atoms with Crippen LogP contribution < -0.4 is 10.6 Å².